The Balaban J connectivity index is 1.91. The quantitative estimate of drug-likeness (QED) is 0.726. The van der Waals surface area contributed by atoms with Crippen molar-refractivity contribution in [2.24, 2.45) is 7.05 Å². The maximum atomic E-state index is 12.4. The summed E-state index contributed by atoms with van der Waals surface area (Å²) in [5.41, 5.74) is 4.79. The van der Waals surface area contributed by atoms with Gasteiger partial charge in [0.2, 0.25) is 0 Å². The van der Waals surface area contributed by atoms with Crippen molar-refractivity contribution in [2.45, 2.75) is 13.8 Å². The average Bonchev–Trinajstić information content (AvgIpc) is 2.92. The van der Waals surface area contributed by atoms with Gasteiger partial charge in [-0.1, -0.05) is 17.7 Å². The van der Waals surface area contributed by atoms with Gasteiger partial charge in [-0.05, 0) is 49.2 Å². The number of hydrogen-bond donors (Lipinski definition) is 1. The van der Waals surface area contributed by atoms with E-state index in [4.69, 9.17) is 11.6 Å². The second kappa shape index (κ2) is 5.20. The van der Waals surface area contributed by atoms with Crippen LogP contribution in [0.15, 0.2) is 30.3 Å². The van der Waals surface area contributed by atoms with E-state index >= 15 is 0 Å². The van der Waals surface area contributed by atoms with Gasteiger partial charge in [-0.15, -0.1) is 11.3 Å². The highest BCUT2D eigenvalue weighted by atomic mass is 35.5. The number of amides is 1. The van der Waals surface area contributed by atoms with Gasteiger partial charge in [0.1, 0.15) is 5.69 Å². The summed E-state index contributed by atoms with van der Waals surface area (Å²) in [7, 11) is 1.88. The molecule has 3 nitrogen and oxygen atoms in total. The van der Waals surface area contributed by atoms with Gasteiger partial charge in [0.05, 0.1) is 14.6 Å². The molecule has 0 aliphatic rings. The molecule has 2 aromatic heterocycles. The average molecular weight is 319 g/mol. The number of anilines is 1. The first-order chi connectivity index (χ1) is 9.95. The summed E-state index contributed by atoms with van der Waals surface area (Å²) in [6, 6.07) is 9.67. The molecule has 0 saturated heterocycles. The van der Waals surface area contributed by atoms with Crippen molar-refractivity contribution < 1.29 is 4.79 Å². The fraction of sp³-hybridized carbons (Fsp3) is 0.188. The Hall–Kier alpha value is -1.78. The van der Waals surface area contributed by atoms with Gasteiger partial charge in [-0.2, -0.15) is 0 Å². The number of benzene rings is 1. The zero-order valence-electron chi connectivity index (χ0n) is 12.0. The number of aromatic nitrogens is 1. The molecule has 1 aromatic carbocycles. The Kier molecular flexibility index (Phi) is 3.51. The van der Waals surface area contributed by atoms with Crippen molar-refractivity contribution in [1.29, 1.82) is 0 Å². The van der Waals surface area contributed by atoms with E-state index in [2.05, 4.69) is 12.2 Å². The highest BCUT2D eigenvalue weighted by Gasteiger charge is 2.15. The summed E-state index contributed by atoms with van der Waals surface area (Å²) in [6.07, 6.45) is 0. The number of hydrogen-bond acceptors (Lipinski definition) is 2. The van der Waals surface area contributed by atoms with Crippen LogP contribution < -0.4 is 5.32 Å². The molecule has 108 valence electrons. The number of thiophene rings is 1. The number of carbonyl (C=O) groups is 1. The standard InChI is InChI=1S/C16H15ClN2OS/c1-9-4-5-11(6-10(9)2)18-16(20)13-7-14-12(19(13)3)8-15(17)21-14/h4-8H,1-3H3,(H,18,20). The third-order valence-electron chi connectivity index (χ3n) is 3.70. The first kappa shape index (κ1) is 14.2. The molecule has 0 spiro atoms. The van der Waals surface area contributed by atoms with Crippen molar-refractivity contribution in [2.75, 3.05) is 5.32 Å². The van der Waals surface area contributed by atoms with Crippen LogP contribution in [0.4, 0.5) is 5.69 Å². The number of aryl methyl sites for hydroxylation is 3. The topological polar surface area (TPSA) is 34.0 Å². The van der Waals surface area contributed by atoms with E-state index in [-0.39, 0.29) is 5.91 Å². The second-order valence-corrected chi connectivity index (χ2v) is 6.86. The second-order valence-electron chi connectivity index (χ2n) is 5.14. The first-order valence-corrected chi connectivity index (χ1v) is 7.78. The van der Waals surface area contributed by atoms with E-state index in [1.807, 2.05) is 48.9 Å². The van der Waals surface area contributed by atoms with E-state index in [1.54, 1.807) is 0 Å². The van der Waals surface area contributed by atoms with Crippen molar-refractivity contribution in [3.8, 4) is 0 Å². The van der Waals surface area contributed by atoms with E-state index in [0.717, 1.165) is 25.8 Å². The smallest absolute Gasteiger partial charge is 0.272 e. The number of fused-ring (bicyclic) bond motifs is 1. The number of rotatable bonds is 2. The molecule has 21 heavy (non-hydrogen) atoms. The fourth-order valence-corrected chi connectivity index (χ4v) is 3.52. The summed E-state index contributed by atoms with van der Waals surface area (Å²) < 4.78 is 3.62. The predicted molar refractivity (Wildman–Crippen MR) is 89.7 cm³/mol. The number of halogens is 1. The van der Waals surface area contributed by atoms with Crippen LogP contribution >= 0.6 is 22.9 Å². The lowest BCUT2D eigenvalue weighted by atomic mass is 10.1. The maximum absolute atomic E-state index is 12.4. The minimum Gasteiger partial charge on any atom is -0.339 e. The molecule has 0 aliphatic heterocycles. The van der Waals surface area contributed by atoms with E-state index in [9.17, 15) is 4.79 Å². The Morgan fingerprint density at radius 2 is 1.95 bits per heavy atom. The van der Waals surface area contributed by atoms with Crippen LogP contribution in [-0.4, -0.2) is 10.5 Å². The van der Waals surface area contributed by atoms with Gasteiger partial charge in [0, 0.05) is 12.7 Å². The summed E-state index contributed by atoms with van der Waals surface area (Å²) in [5.74, 6) is -0.111. The SMILES string of the molecule is Cc1ccc(NC(=O)c2cc3sc(Cl)cc3n2C)cc1C. The number of nitrogens with one attached hydrogen (secondary N) is 1. The molecular formula is C16H15ClN2OS. The largest absolute Gasteiger partial charge is 0.339 e. The van der Waals surface area contributed by atoms with E-state index < -0.39 is 0 Å². The zero-order chi connectivity index (χ0) is 15.1. The van der Waals surface area contributed by atoms with Crippen LogP contribution in [-0.2, 0) is 7.05 Å². The van der Waals surface area contributed by atoms with E-state index in [0.29, 0.717) is 5.69 Å². The lowest BCUT2D eigenvalue weighted by Crippen LogP contribution is -2.15. The van der Waals surface area contributed by atoms with Crippen molar-refractivity contribution in [3.63, 3.8) is 0 Å². The lowest BCUT2D eigenvalue weighted by Gasteiger charge is -2.08. The van der Waals surface area contributed by atoms with Crippen molar-refractivity contribution in [1.82, 2.24) is 4.57 Å². The maximum Gasteiger partial charge on any atom is 0.272 e. The summed E-state index contributed by atoms with van der Waals surface area (Å²) in [4.78, 5) is 12.4. The molecule has 1 N–H and O–H groups in total. The highest BCUT2D eigenvalue weighted by molar-refractivity contribution is 7.22. The van der Waals surface area contributed by atoms with Crippen LogP contribution in [0.5, 0.6) is 0 Å². The number of nitrogens with zero attached hydrogens (tertiary/aromatic N) is 1. The minimum absolute atomic E-state index is 0.111. The third kappa shape index (κ3) is 2.57. The molecule has 0 aliphatic carbocycles. The lowest BCUT2D eigenvalue weighted by molar-refractivity contribution is 0.102. The van der Waals surface area contributed by atoms with Gasteiger partial charge in [0.25, 0.3) is 5.91 Å². The summed E-state index contributed by atoms with van der Waals surface area (Å²) in [6.45, 7) is 4.08. The van der Waals surface area contributed by atoms with Gasteiger partial charge in [-0.3, -0.25) is 4.79 Å². The zero-order valence-corrected chi connectivity index (χ0v) is 13.6. The van der Waals surface area contributed by atoms with Gasteiger partial charge in [-0.25, -0.2) is 0 Å². The highest BCUT2D eigenvalue weighted by Crippen LogP contribution is 2.31. The molecule has 0 unspecified atom stereocenters. The molecule has 3 rings (SSSR count). The Morgan fingerprint density at radius 1 is 1.19 bits per heavy atom. The third-order valence-corrected chi connectivity index (χ3v) is 4.90. The summed E-state index contributed by atoms with van der Waals surface area (Å²) in [5, 5.41) is 2.94. The Bertz CT molecular complexity index is 847. The molecule has 0 atom stereocenters. The Labute approximate surface area is 132 Å². The first-order valence-electron chi connectivity index (χ1n) is 6.59. The minimum atomic E-state index is -0.111. The molecule has 3 aromatic rings. The fourth-order valence-electron chi connectivity index (χ4n) is 2.31. The molecular weight excluding hydrogens is 304 g/mol. The predicted octanol–water partition coefficient (Wildman–Crippen LogP) is 4.76. The molecule has 2 heterocycles. The van der Waals surface area contributed by atoms with Gasteiger partial charge >= 0.3 is 0 Å². The normalized spacial score (nSPS) is 11.0. The van der Waals surface area contributed by atoms with Crippen LogP contribution in [0, 0.1) is 13.8 Å². The van der Waals surface area contributed by atoms with Gasteiger partial charge < -0.3 is 9.88 Å². The van der Waals surface area contributed by atoms with Crippen LogP contribution in [0.3, 0.4) is 0 Å². The molecule has 0 radical (unpaired) electrons. The van der Waals surface area contributed by atoms with Gasteiger partial charge in [0.15, 0.2) is 0 Å². The Morgan fingerprint density at radius 3 is 2.62 bits per heavy atom. The summed E-state index contributed by atoms with van der Waals surface area (Å²) >= 11 is 7.47. The van der Waals surface area contributed by atoms with Crippen molar-refractivity contribution in [3.05, 3.63) is 51.5 Å². The van der Waals surface area contributed by atoms with Crippen LogP contribution in [0.1, 0.15) is 21.6 Å². The molecule has 0 fully saturated rings. The molecule has 5 heteroatoms. The van der Waals surface area contributed by atoms with Crippen LogP contribution in [0.25, 0.3) is 10.2 Å². The van der Waals surface area contributed by atoms with E-state index in [1.165, 1.54) is 16.9 Å². The number of carbonyl (C=O) groups excluding carboxylic acids is 1. The van der Waals surface area contributed by atoms with Crippen molar-refractivity contribution >= 4 is 44.7 Å². The molecule has 1 amide bonds. The molecule has 0 saturated carbocycles. The molecule has 0 bridgehead atoms. The monoisotopic (exact) mass is 318 g/mol. The van der Waals surface area contributed by atoms with Crippen LogP contribution in [0.2, 0.25) is 4.34 Å².